The van der Waals surface area contributed by atoms with E-state index >= 15 is 0 Å². The van der Waals surface area contributed by atoms with Crippen molar-refractivity contribution in [2.45, 2.75) is 11.0 Å². The van der Waals surface area contributed by atoms with E-state index in [1.807, 2.05) is 0 Å². The molecule has 1 heterocycles. The van der Waals surface area contributed by atoms with Gasteiger partial charge in [-0.2, -0.15) is 0 Å². The fourth-order valence-corrected chi connectivity index (χ4v) is 2.71. The van der Waals surface area contributed by atoms with Crippen LogP contribution >= 0.6 is 0 Å². The maximum absolute atomic E-state index is 12.1. The van der Waals surface area contributed by atoms with E-state index in [1.54, 1.807) is 12.1 Å². The highest BCUT2D eigenvalue weighted by molar-refractivity contribution is 7.89. The molecule has 18 heavy (non-hydrogen) atoms. The Morgan fingerprint density at radius 1 is 1.39 bits per heavy atom. The van der Waals surface area contributed by atoms with Crippen molar-refractivity contribution in [2.24, 2.45) is 0 Å². The van der Waals surface area contributed by atoms with E-state index in [0.29, 0.717) is 12.4 Å². The molecule has 0 saturated carbocycles. The van der Waals surface area contributed by atoms with Crippen LogP contribution in [-0.4, -0.2) is 41.9 Å². The second-order valence-electron chi connectivity index (χ2n) is 3.82. The molecule has 1 aliphatic heterocycles. The normalized spacial score (nSPS) is 18.4. The van der Waals surface area contributed by atoms with E-state index in [4.69, 9.17) is 14.2 Å². The quantitative estimate of drug-likeness (QED) is 0.758. The molecule has 7 heteroatoms. The van der Waals surface area contributed by atoms with E-state index in [0.717, 1.165) is 0 Å². The summed E-state index contributed by atoms with van der Waals surface area (Å²) in [5, 5.41) is 0. The molecule has 1 fully saturated rings. The number of sulfonamides is 1. The molecule has 2 rings (SSSR count). The first kappa shape index (κ1) is 13.1. The fourth-order valence-electron chi connectivity index (χ4n) is 1.46. The molecule has 0 radical (unpaired) electrons. The van der Waals surface area contributed by atoms with Gasteiger partial charge in [0.25, 0.3) is 0 Å². The standard InChI is InChI=1S/C11H15NO5S/c1-15-8-3-4-10(16-2)11(5-8)18(13,14)12-6-9-7-17-9/h3-5,9,12H,6-7H2,1-2H3. The molecule has 0 amide bonds. The Bertz CT molecular complexity index is 524. The van der Waals surface area contributed by atoms with Crippen molar-refractivity contribution in [3.8, 4) is 11.5 Å². The van der Waals surface area contributed by atoms with Gasteiger partial charge in [-0.1, -0.05) is 0 Å². The molecule has 0 aliphatic carbocycles. The van der Waals surface area contributed by atoms with E-state index in [2.05, 4.69) is 4.72 Å². The number of methoxy groups -OCH3 is 2. The number of hydrogen-bond donors (Lipinski definition) is 1. The molecule has 0 bridgehead atoms. The predicted octanol–water partition coefficient (Wildman–Crippen LogP) is 0.381. The molecule has 1 aromatic carbocycles. The summed E-state index contributed by atoms with van der Waals surface area (Å²) in [7, 11) is -0.728. The maximum atomic E-state index is 12.1. The Hall–Kier alpha value is -1.31. The van der Waals surface area contributed by atoms with Gasteiger partial charge in [-0.3, -0.25) is 0 Å². The van der Waals surface area contributed by atoms with Gasteiger partial charge in [0, 0.05) is 12.6 Å². The third-order valence-electron chi connectivity index (χ3n) is 2.56. The summed E-state index contributed by atoms with van der Waals surface area (Å²) in [5.41, 5.74) is 0. The van der Waals surface area contributed by atoms with Crippen molar-refractivity contribution in [3.05, 3.63) is 18.2 Å². The van der Waals surface area contributed by atoms with Crippen LogP contribution in [0.1, 0.15) is 0 Å². The molecular weight excluding hydrogens is 258 g/mol. The highest BCUT2D eigenvalue weighted by Crippen LogP contribution is 2.28. The van der Waals surface area contributed by atoms with Crippen molar-refractivity contribution in [3.63, 3.8) is 0 Å². The molecule has 1 N–H and O–H groups in total. The highest BCUT2D eigenvalue weighted by atomic mass is 32.2. The number of nitrogens with one attached hydrogen (secondary N) is 1. The minimum atomic E-state index is -3.63. The lowest BCUT2D eigenvalue weighted by molar-refractivity contribution is 0.390. The second kappa shape index (κ2) is 5.13. The summed E-state index contributed by atoms with van der Waals surface area (Å²) in [5.74, 6) is 0.735. The van der Waals surface area contributed by atoms with Gasteiger partial charge in [0.2, 0.25) is 10.0 Å². The van der Waals surface area contributed by atoms with Gasteiger partial charge in [0.15, 0.2) is 0 Å². The Labute approximate surface area is 106 Å². The second-order valence-corrected chi connectivity index (χ2v) is 5.56. The molecule has 6 nitrogen and oxygen atoms in total. The summed E-state index contributed by atoms with van der Waals surface area (Å²) >= 11 is 0. The molecule has 1 aliphatic rings. The Morgan fingerprint density at radius 2 is 2.11 bits per heavy atom. The van der Waals surface area contributed by atoms with E-state index in [9.17, 15) is 8.42 Å². The van der Waals surface area contributed by atoms with Gasteiger partial charge in [0.05, 0.1) is 26.9 Å². The number of epoxide rings is 1. The van der Waals surface area contributed by atoms with Gasteiger partial charge < -0.3 is 14.2 Å². The van der Waals surface area contributed by atoms with Gasteiger partial charge in [-0.25, -0.2) is 13.1 Å². The van der Waals surface area contributed by atoms with Crippen LogP contribution in [0.3, 0.4) is 0 Å². The van der Waals surface area contributed by atoms with E-state index < -0.39 is 10.0 Å². The zero-order valence-corrected chi connectivity index (χ0v) is 11.0. The summed E-state index contributed by atoms with van der Waals surface area (Å²) < 4.78 is 41.7. The zero-order valence-electron chi connectivity index (χ0n) is 10.2. The zero-order chi connectivity index (χ0) is 13.2. The molecular formula is C11H15NO5S. The van der Waals surface area contributed by atoms with E-state index in [1.165, 1.54) is 20.3 Å². The number of rotatable bonds is 6. The van der Waals surface area contributed by atoms with Crippen LogP contribution in [-0.2, 0) is 14.8 Å². The monoisotopic (exact) mass is 273 g/mol. The first-order valence-electron chi connectivity index (χ1n) is 5.40. The highest BCUT2D eigenvalue weighted by Gasteiger charge is 2.27. The van der Waals surface area contributed by atoms with Crippen molar-refractivity contribution in [1.29, 1.82) is 0 Å². The predicted molar refractivity (Wildman–Crippen MR) is 64.5 cm³/mol. The Kier molecular flexibility index (Phi) is 3.74. The van der Waals surface area contributed by atoms with Crippen LogP contribution in [0, 0.1) is 0 Å². The SMILES string of the molecule is COc1ccc(OC)c(S(=O)(=O)NCC2CO2)c1. The molecule has 100 valence electrons. The van der Waals surface area contributed by atoms with Crippen molar-refractivity contribution in [2.75, 3.05) is 27.4 Å². The molecule has 1 saturated heterocycles. The Balaban J connectivity index is 2.27. The van der Waals surface area contributed by atoms with Crippen LogP contribution in [0.2, 0.25) is 0 Å². The molecule has 0 spiro atoms. The lowest BCUT2D eigenvalue weighted by Gasteiger charge is -2.11. The topological polar surface area (TPSA) is 77.2 Å². The largest absolute Gasteiger partial charge is 0.497 e. The fraction of sp³-hybridized carbons (Fsp3) is 0.455. The number of hydrogen-bond acceptors (Lipinski definition) is 5. The summed E-state index contributed by atoms with van der Waals surface area (Å²) in [6.45, 7) is 0.862. The van der Waals surface area contributed by atoms with Crippen molar-refractivity contribution < 1.29 is 22.6 Å². The third-order valence-corrected chi connectivity index (χ3v) is 4.01. The minimum absolute atomic E-state index is 0.0172. The van der Waals surface area contributed by atoms with Crippen LogP contribution in [0.25, 0.3) is 0 Å². The molecule has 1 atom stereocenters. The third kappa shape index (κ3) is 2.92. The van der Waals surface area contributed by atoms with Crippen LogP contribution in [0.15, 0.2) is 23.1 Å². The lowest BCUT2D eigenvalue weighted by Crippen LogP contribution is -2.28. The van der Waals surface area contributed by atoms with E-state index in [-0.39, 0.29) is 23.3 Å². The van der Waals surface area contributed by atoms with Crippen molar-refractivity contribution >= 4 is 10.0 Å². The first-order valence-corrected chi connectivity index (χ1v) is 6.88. The van der Waals surface area contributed by atoms with Gasteiger partial charge >= 0.3 is 0 Å². The van der Waals surface area contributed by atoms with Crippen LogP contribution in [0.4, 0.5) is 0 Å². The van der Waals surface area contributed by atoms with Crippen LogP contribution in [0.5, 0.6) is 11.5 Å². The first-order chi connectivity index (χ1) is 8.56. The average Bonchev–Trinajstić information content (AvgIpc) is 3.19. The summed E-state index contributed by atoms with van der Waals surface area (Å²) in [4.78, 5) is 0.0602. The van der Waals surface area contributed by atoms with Crippen LogP contribution < -0.4 is 14.2 Å². The minimum Gasteiger partial charge on any atom is -0.497 e. The molecule has 1 unspecified atom stereocenters. The molecule has 1 aromatic rings. The van der Waals surface area contributed by atoms with Gasteiger partial charge in [0.1, 0.15) is 16.4 Å². The summed E-state index contributed by atoms with van der Waals surface area (Å²) in [6.07, 6.45) is -0.0172. The maximum Gasteiger partial charge on any atom is 0.244 e. The van der Waals surface area contributed by atoms with Gasteiger partial charge in [-0.15, -0.1) is 0 Å². The smallest absolute Gasteiger partial charge is 0.244 e. The molecule has 0 aromatic heterocycles. The Morgan fingerprint density at radius 3 is 2.67 bits per heavy atom. The van der Waals surface area contributed by atoms with Gasteiger partial charge in [-0.05, 0) is 12.1 Å². The number of ether oxygens (including phenoxy) is 3. The van der Waals surface area contributed by atoms with Crippen molar-refractivity contribution in [1.82, 2.24) is 4.72 Å². The summed E-state index contributed by atoms with van der Waals surface area (Å²) in [6, 6.07) is 4.62. The number of benzene rings is 1. The lowest BCUT2D eigenvalue weighted by atomic mass is 10.3. The average molecular weight is 273 g/mol.